The maximum Gasteiger partial charge on any atom is 0.303 e. The van der Waals surface area contributed by atoms with Gasteiger partial charge in [0.25, 0.3) is 5.91 Å². The van der Waals surface area contributed by atoms with Crippen LogP contribution in [0.25, 0.3) is 44.4 Å². The predicted octanol–water partition coefficient (Wildman–Crippen LogP) is 5.35. The van der Waals surface area contributed by atoms with Crippen molar-refractivity contribution in [1.82, 2.24) is 24.8 Å². The van der Waals surface area contributed by atoms with E-state index in [-0.39, 0.29) is 12.8 Å². The highest BCUT2D eigenvalue weighted by molar-refractivity contribution is 5.95. The number of rotatable bonds is 11. The zero-order chi connectivity index (χ0) is 37.6. The molecule has 0 unspecified atom stereocenters. The maximum atomic E-state index is 11.5. The number of carboxylic acids is 2. The van der Waals surface area contributed by atoms with Crippen LogP contribution in [0.5, 0.6) is 0 Å². The van der Waals surface area contributed by atoms with E-state index in [0.717, 1.165) is 85.4 Å². The number of aliphatic hydroxyl groups excluding tert-OH is 3. The van der Waals surface area contributed by atoms with Gasteiger partial charge in [-0.05, 0) is 122 Å². The Bertz CT molecular complexity index is 2070. The largest absolute Gasteiger partial charge is 0.481 e. The summed E-state index contributed by atoms with van der Waals surface area (Å²) in [7, 11) is 0. The minimum atomic E-state index is -0.864. The van der Waals surface area contributed by atoms with E-state index in [2.05, 4.69) is 49.8 Å². The van der Waals surface area contributed by atoms with Crippen LogP contribution in [0.3, 0.4) is 0 Å². The van der Waals surface area contributed by atoms with Gasteiger partial charge in [-0.1, -0.05) is 13.8 Å². The van der Waals surface area contributed by atoms with Gasteiger partial charge < -0.3 is 35.5 Å². The molecule has 5 rings (SSSR count). The molecule has 0 saturated heterocycles. The first-order valence-electron chi connectivity index (χ1n) is 17.0. The number of H-pyrrole nitrogens is 2. The molecule has 1 amide bonds. The first-order valence-corrected chi connectivity index (χ1v) is 17.0. The van der Waals surface area contributed by atoms with Crippen LogP contribution >= 0.6 is 0 Å². The summed E-state index contributed by atoms with van der Waals surface area (Å²) in [5.74, 6) is -2.42. The van der Waals surface area contributed by atoms with E-state index >= 15 is 0 Å². The molecule has 0 aliphatic carbocycles. The lowest BCUT2D eigenvalue weighted by atomic mass is 10.00. The second-order valence-electron chi connectivity index (χ2n) is 12.5. The third-order valence-electron chi connectivity index (χ3n) is 9.51. The summed E-state index contributed by atoms with van der Waals surface area (Å²) in [5, 5.41) is 43.6. The molecule has 2 aliphatic rings. The smallest absolute Gasteiger partial charge is 0.303 e. The Labute approximate surface area is 296 Å². The number of aromatic nitrogens is 4. The highest BCUT2D eigenvalue weighted by Gasteiger charge is 2.21. The summed E-state index contributed by atoms with van der Waals surface area (Å²) in [6.07, 6.45) is 2.39. The third-order valence-corrected chi connectivity index (χ3v) is 9.51. The number of hydrogen-bond donors (Lipinski definition) is 7. The molecule has 272 valence electrons. The fourth-order valence-corrected chi connectivity index (χ4v) is 6.52. The van der Waals surface area contributed by atoms with Gasteiger partial charge in [-0.25, -0.2) is 9.97 Å². The van der Waals surface area contributed by atoms with Crippen LogP contribution in [0.1, 0.15) is 98.4 Å². The summed E-state index contributed by atoms with van der Waals surface area (Å²) in [6, 6.07) is 8.19. The van der Waals surface area contributed by atoms with Crippen molar-refractivity contribution in [3.8, 4) is 0 Å². The van der Waals surface area contributed by atoms with Crippen LogP contribution in [0.4, 0.5) is 0 Å². The van der Waals surface area contributed by atoms with Gasteiger partial charge in [-0.3, -0.25) is 19.3 Å². The summed E-state index contributed by atoms with van der Waals surface area (Å²) in [5.41, 5.74) is 15.4. The van der Waals surface area contributed by atoms with Crippen LogP contribution in [0, 0.1) is 13.8 Å². The van der Waals surface area contributed by atoms with Crippen molar-refractivity contribution >= 4 is 62.2 Å². The molecule has 51 heavy (non-hydrogen) atoms. The summed E-state index contributed by atoms with van der Waals surface area (Å²) in [6.45, 7) is 10.7. The molecule has 3 aromatic heterocycles. The molecule has 13 nitrogen and oxygen atoms in total. The van der Waals surface area contributed by atoms with E-state index in [9.17, 15) is 24.6 Å². The van der Waals surface area contributed by atoms with Gasteiger partial charge in [0.15, 0.2) is 0 Å². The van der Waals surface area contributed by atoms with E-state index in [0.29, 0.717) is 23.4 Å². The van der Waals surface area contributed by atoms with Crippen molar-refractivity contribution < 1.29 is 39.9 Å². The number of nitrogens with zero attached hydrogens (tertiary/aromatic N) is 3. The number of aryl methyl sites for hydroxylation is 4. The second kappa shape index (κ2) is 16.7. The molecule has 0 fully saturated rings. The van der Waals surface area contributed by atoms with E-state index < -0.39 is 37.9 Å². The van der Waals surface area contributed by atoms with Crippen molar-refractivity contribution in [3.05, 3.63) is 69.3 Å². The Morgan fingerprint density at radius 3 is 1.57 bits per heavy atom. The normalized spacial score (nSPS) is 12.6. The van der Waals surface area contributed by atoms with E-state index in [1.165, 1.54) is 11.1 Å². The molecule has 7 N–H and O–H groups in total. The van der Waals surface area contributed by atoms with Crippen molar-refractivity contribution in [1.29, 1.82) is 0 Å². The highest BCUT2D eigenvalue weighted by atomic mass is 16.4. The number of carboxylic acid groups (broad SMARTS) is 2. The zero-order valence-corrected chi connectivity index (χ0v) is 30.0. The first kappa shape index (κ1) is 38.7. The van der Waals surface area contributed by atoms with E-state index in [1.54, 1.807) is 0 Å². The first-order chi connectivity index (χ1) is 24.3. The van der Waals surface area contributed by atoms with Crippen molar-refractivity contribution in [2.24, 2.45) is 0 Å². The predicted molar refractivity (Wildman–Crippen MR) is 196 cm³/mol. The van der Waals surface area contributed by atoms with E-state index in [1.807, 2.05) is 26.0 Å². The Morgan fingerprint density at radius 1 is 0.627 bits per heavy atom. The van der Waals surface area contributed by atoms with Crippen molar-refractivity contribution in [3.63, 3.8) is 0 Å². The fourth-order valence-electron chi connectivity index (χ4n) is 6.52. The van der Waals surface area contributed by atoms with Gasteiger partial charge in [0, 0.05) is 34.9 Å². The molecule has 5 heterocycles. The molecular formula is C38H47N5O8. The Hall–Kier alpha value is -5.11. The lowest BCUT2D eigenvalue weighted by Gasteiger charge is -2.13. The lowest BCUT2D eigenvalue weighted by Crippen LogP contribution is -2.34. The second-order valence-corrected chi connectivity index (χ2v) is 12.5. The number of carbonyl (C=O) groups excluding carboxylic acids is 1. The molecule has 13 heteroatoms. The maximum absolute atomic E-state index is 11.5. The number of nitrogens with one attached hydrogen (secondary N) is 2. The molecule has 0 aromatic carbocycles. The molecule has 0 spiro atoms. The molecule has 3 aromatic rings. The van der Waals surface area contributed by atoms with Gasteiger partial charge in [0.1, 0.15) is 20.1 Å². The van der Waals surface area contributed by atoms with Crippen LogP contribution in [0.2, 0.25) is 0 Å². The van der Waals surface area contributed by atoms with Gasteiger partial charge in [0.05, 0.1) is 22.8 Å². The number of aliphatic carboxylic acids is 2. The highest BCUT2D eigenvalue weighted by Crippen LogP contribution is 2.36. The summed E-state index contributed by atoms with van der Waals surface area (Å²) in [4.78, 5) is 51.3. The van der Waals surface area contributed by atoms with Crippen molar-refractivity contribution in [2.75, 3.05) is 20.1 Å². The molecule has 0 atom stereocenters. The van der Waals surface area contributed by atoms with Crippen LogP contribution in [-0.4, -0.2) is 88.3 Å². The van der Waals surface area contributed by atoms with Gasteiger partial charge >= 0.3 is 11.9 Å². The lowest BCUT2D eigenvalue weighted by molar-refractivity contribution is -0.142. The number of aromatic amines is 2. The van der Waals surface area contributed by atoms with Gasteiger partial charge in [0.2, 0.25) is 0 Å². The number of amides is 1. The van der Waals surface area contributed by atoms with Crippen LogP contribution in [-0.2, 0) is 27.2 Å². The van der Waals surface area contributed by atoms with Gasteiger partial charge in [-0.15, -0.1) is 0 Å². The fraction of sp³-hybridized carbons (Fsp3) is 0.395. The number of aliphatic hydroxyl groups is 3. The molecule has 0 saturated carbocycles. The number of allylic oxidation sites excluding steroid dienone is 4. The molecule has 0 radical (unpaired) electrons. The summed E-state index contributed by atoms with van der Waals surface area (Å²) < 4.78 is 0. The minimum absolute atomic E-state index is 0.00162. The number of hydrogen-bond acceptors (Lipinski definition) is 8. The third kappa shape index (κ3) is 8.44. The van der Waals surface area contributed by atoms with Crippen molar-refractivity contribution in [2.45, 2.75) is 80.1 Å². The SMILES string of the molecule is CCC1=C(C)c2cc3[nH]c(cc4nc(cc5[nH]c(cc1n2)c(C)c5CCC(=O)O)C(CCC(=O)O)=C4C)c(C)c3CC.O=C(CO)N(CO)CO. The minimum Gasteiger partial charge on any atom is -0.481 e. The Balaban J connectivity index is 0.000000573. The summed E-state index contributed by atoms with van der Waals surface area (Å²) >= 11 is 0. The van der Waals surface area contributed by atoms with Crippen LogP contribution in [0.15, 0.2) is 24.3 Å². The Kier molecular flexibility index (Phi) is 12.7. The number of carbonyl (C=O) groups is 3. The van der Waals surface area contributed by atoms with Gasteiger partial charge in [-0.2, -0.15) is 0 Å². The quantitative estimate of drug-likeness (QED) is 0.127. The standard InChI is InChI=1S/C34H38N4O4.C4H9NO4/c1-7-21-17(3)25-13-26-19(5)23(9-11-33(39)40)31(37-26)16-32-24(10-12-34(41)42)20(6)28(38-32)15-30-22(8-2)18(4)27(36-30)14-29(21)35-25;6-1-4(9)5(2-7)3-8/h13-16,35,38H,7-12H2,1-6H3,(H,39,40)(H,41,42);6-8H,1-3H2. The average molecular weight is 702 g/mol. The molecular weight excluding hydrogens is 654 g/mol. The van der Waals surface area contributed by atoms with E-state index in [4.69, 9.17) is 25.3 Å². The molecule has 8 bridgehead atoms. The van der Waals surface area contributed by atoms with Crippen LogP contribution < -0.4 is 0 Å². The topological polar surface area (TPSA) is 213 Å². The number of fused-ring (bicyclic) bond motifs is 8. The monoisotopic (exact) mass is 701 g/mol. The molecule has 2 aliphatic heterocycles. The average Bonchev–Trinajstić information content (AvgIpc) is 3.76. The zero-order valence-electron chi connectivity index (χ0n) is 30.0. The Morgan fingerprint density at radius 2 is 1.08 bits per heavy atom.